The molecule has 2 N–H and O–H groups in total. The minimum atomic E-state index is -0.483. The molecule has 1 aromatic carbocycles. The van der Waals surface area contributed by atoms with Gasteiger partial charge in [-0.15, -0.1) is 0 Å². The van der Waals surface area contributed by atoms with Crippen LogP contribution in [0.2, 0.25) is 0 Å². The highest BCUT2D eigenvalue weighted by atomic mass is 16.5. The van der Waals surface area contributed by atoms with Gasteiger partial charge in [0.05, 0.1) is 5.41 Å². The van der Waals surface area contributed by atoms with Crippen LogP contribution in [0, 0.1) is 11.3 Å². The van der Waals surface area contributed by atoms with E-state index in [2.05, 4.69) is 4.90 Å². The Bertz CT molecular complexity index is 711. The summed E-state index contributed by atoms with van der Waals surface area (Å²) in [6, 6.07) is 5.55. The third-order valence-electron chi connectivity index (χ3n) is 6.78. The van der Waals surface area contributed by atoms with Gasteiger partial charge in [0.15, 0.2) is 0 Å². The molecule has 2 fully saturated rings. The molecule has 4 rings (SSSR count). The first-order valence-electron chi connectivity index (χ1n) is 9.97. The molecule has 1 heterocycles. The Labute approximate surface area is 154 Å². The van der Waals surface area contributed by atoms with Gasteiger partial charge >= 0.3 is 0 Å². The zero-order chi connectivity index (χ0) is 18.1. The van der Waals surface area contributed by atoms with Crippen LogP contribution < -0.4 is 5.48 Å². The van der Waals surface area contributed by atoms with Gasteiger partial charge in [-0.3, -0.25) is 14.8 Å². The van der Waals surface area contributed by atoms with E-state index in [1.165, 1.54) is 37.7 Å². The molecular weight excluding hydrogens is 328 g/mol. The number of carbonyl (C=O) groups is 2. The Hall–Kier alpha value is -1.88. The number of hydrogen-bond acceptors (Lipinski definition) is 3. The maximum Gasteiger partial charge on any atom is 0.274 e. The quantitative estimate of drug-likeness (QED) is 0.646. The number of fused-ring (bicyclic) bond motifs is 1. The highest BCUT2D eigenvalue weighted by molar-refractivity contribution is 5.93. The van der Waals surface area contributed by atoms with Crippen LogP contribution in [0.3, 0.4) is 0 Å². The second kappa shape index (κ2) is 7.03. The Morgan fingerprint density at radius 2 is 2.00 bits per heavy atom. The van der Waals surface area contributed by atoms with Gasteiger partial charge in [-0.2, -0.15) is 0 Å². The predicted molar refractivity (Wildman–Crippen MR) is 97.9 cm³/mol. The summed E-state index contributed by atoms with van der Waals surface area (Å²) >= 11 is 0. The van der Waals surface area contributed by atoms with Crippen molar-refractivity contribution < 1.29 is 14.8 Å². The van der Waals surface area contributed by atoms with Crippen LogP contribution in [0.15, 0.2) is 18.2 Å². The highest BCUT2D eigenvalue weighted by Gasteiger charge is 2.48. The van der Waals surface area contributed by atoms with Crippen molar-refractivity contribution in [1.29, 1.82) is 0 Å². The molecule has 2 amide bonds. The van der Waals surface area contributed by atoms with Crippen molar-refractivity contribution in [3.05, 3.63) is 34.9 Å². The summed E-state index contributed by atoms with van der Waals surface area (Å²) in [6.07, 6.45) is 9.95. The maximum atomic E-state index is 13.2. The molecule has 0 aromatic heterocycles. The molecule has 2 aliphatic carbocycles. The molecule has 140 valence electrons. The maximum absolute atomic E-state index is 13.2. The minimum Gasteiger partial charge on any atom is -0.342 e. The lowest BCUT2D eigenvalue weighted by atomic mass is 9.70. The van der Waals surface area contributed by atoms with Gasteiger partial charge in [0, 0.05) is 18.7 Å². The van der Waals surface area contributed by atoms with E-state index in [-0.39, 0.29) is 5.41 Å². The van der Waals surface area contributed by atoms with Crippen LogP contribution in [0.25, 0.3) is 0 Å². The molecule has 1 saturated heterocycles. The predicted octanol–water partition coefficient (Wildman–Crippen LogP) is 3.09. The van der Waals surface area contributed by atoms with Crippen molar-refractivity contribution in [3.63, 3.8) is 0 Å². The van der Waals surface area contributed by atoms with Crippen LogP contribution in [0.5, 0.6) is 0 Å². The van der Waals surface area contributed by atoms with Crippen molar-refractivity contribution in [2.75, 3.05) is 13.1 Å². The summed E-state index contributed by atoms with van der Waals surface area (Å²) in [6.45, 7) is 1.85. The molecule has 5 heteroatoms. The van der Waals surface area contributed by atoms with Gasteiger partial charge in [-0.05, 0) is 67.7 Å². The van der Waals surface area contributed by atoms with E-state index < -0.39 is 5.91 Å². The van der Waals surface area contributed by atoms with Crippen molar-refractivity contribution in [3.8, 4) is 0 Å². The summed E-state index contributed by atoms with van der Waals surface area (Å²) in [5.41, 5.74) is 4.24. The summed E-state index contributed by atoms with van der Waals surface area (Å²) in [7, 11) is 0. The summed E-state index contributed by atoms with van der Waals surface area (Å²) in [5.74, 6) is 0.563. The van der Waals surface area contributed by atoms with E-state index in [0.29, 0.717) is 17.4 Å². The van der Waals surface area contributed by atoms with Crippen molar-refractivity contribution >= 4 is 11.8 Å². The number of benzene rings is 1. The normalized spacial score (nSPS) is 26.2. The number of nitrogens with one attached hydrogen (secondary N) is 1. The topological polar surface area (TPSA) is 69.6 Å². The smallest absolute Gasteiger partial charge is 0.274 e. The number of amides is 2. The zero-order valence-electron chi connectivity index (χ0n) is 15.3. The first kappa shape index (κ1) is 17.5. The first-order valence-corrected chi connectivity index (χ1v) is 9.97. The number of aryl methyl sites for hydroxylation is 1. The number of rotatable bonds is 3. The van der Waals surface area contributed by atoms with Gasteiger partial charge in [0.1, 0.15) is 0 Å². The third-order valence-corrected chi connectivity index (χ3v) is 6.78. The standard InChI is InChI=1S/C21H28N2O3/c24-19(22-26)17-6-7-18-13-21(9-8-16(18)12-17)10-11-23(20(21)25)14-15-4-2-1-3-5-15/h6-7,12,15,26H,1-5,8-11,13-14H2,(H,22,24). The van der Waals surface area contributed by atoms with E-state index in [1.54, 1.807) is 11.5 Å². The Morgan fingerprint density at radius 3 is 2.77 bits per heavy atom. The van der Waals surface area contributed by atoms with Crippen LogP contribution in [0.4, 0.5) is 0 Å². The molecule has 1 atom stereocenters. The van der Waals surface area contributed by atoms with Crippen molar-refractivity contribution in [2.24, 2.45) is 11.3 Å². The van der Waals surface area contributed by atoms with Gasteiger partial charge in [0.2, 0.25) is 5.91 Å². The number of nitrogens with zero attached hydrogens (tertiary/aromatic N) is 1. The van der Waals surface area contributed by atoms with Gasteiger partial charge < -0.3 is 4.90 Å². The molecule has 5 nitrogen and oxygen atoms in total. The minimum absolute atomic E-state index is 0.234. The summed E-state index contributed by atoms with van der Waals surface area (Å²) in [4.78, 5) is 27.0. The molecule has 3 aliphatic rings. The number of hydroxylamine groups is 1. The SMILES string of the molecule is O=C(NO)c1ccc2c(c1)CCC1(CCN(CC3CCCCC3)C1=O)C2. The number of carbonyl (C=O) groups excluding carboxylic acids is 2. The Balaban J connectivity index is 1.47. The van der Waals surface area contributed by atoms with Gasteiger partial charge in [0.25, 0.3) is 5.91 Å². The number of likely N-dealkylation sites (tertiary alicyclic amines) is 1. The fourth-order valence-corrected chi connectivity index (χ4v) is 5.21. The monoisotopic (exact) mass is 356 g/mol. The summed E-state index contributed by atoms with van der Waals surface area (Å²) in [5, 5.41) is 8.81. The largest absolute Gasteiger partial charge is 0.342 e. The van der Waals surface area contributed by atoms with E-state index in [1.807, 2.05) is 12.1 Å². The molecule has 0 radical (unpaired) electrons. The zero-order valence-corrected chi connectivity index (χ0v) is 15.3. The Morgan fingerprint density at radius 1 is 1.19 bits per heavy atom. The van der Waals surface area contributed by atoms with E-state index in [4.69, 9.17) is 5.21 Å². The van der Waals surface area contributed by atoms with Crippen LogP contribution in [0.1, 0.15) is 66.4 Å². The van der Waals surface area contributed by atoms with Crippen LogP contribution >= 0.6 is 0 Å². The fraction of sp³-hybridized carbons (Fsp3) is 0.619. The lowest BCUT2D eigenvalue weighted by molar-refractivity contribution is -0.137. The molecule has 0 bridgehead atoms. The third kappa shape index (κ3) is 3.13. The average molecular weight is 356 g/mol. The lowest BCUT2D eigenvalue weighted by Crippen LogP contribution is -2.40. The molecule has 1 aromatic rings. The number of hydrogen-bond donors (Lipinski definition) is 2. The van der Waals surface area contributed by atoms with Crippen molar-refractivity contribution in [1.82, 2.24) is 10.4 Å². The fourth-order valence-electron chi connectivity index (χ4n) is 5.21. The summed E-state index contributed by atoms with van der Waals surface area (Å²) < 4.78 is 0. The average Bonchev–Trinajstić information content (AvgIpc) is 2.97. The second-order valence-corrected chi connectivity index (χ2v) is 8.39. The molecular formula is C21H28N2O3. The van der Waals surface area contributed by atoms with E-state index in [0.717, 1.165) is 44.3 Å². The van der Waals surface area contributed by atoms with E-state index in [9.17, 15) is 9.59 Å². The molecule has 1 aliphatic heterocycles. The van der Waals surface area contributed by atoms with Crippen LogP contribution in [-0.4, -0.2) is 35.0 Å². The second-order valence-electron chi connectivity index (χ2n) is 8.39. The lowest BCUT2D eigenvalue weighted by Gasteiger charge is -2.34. The highest BCUT2D eigenvalue weighted by Crippen LogP contribution is 2.44. The van der Waals surface area contributed by atoms with Gasteiger partial charge in [-0.1, -0.05) is 25.3 Å². The molecule has 1 unspecified atom stereocenters. The van der Waals surface area contributed by atoms with Crippen molar-refractivity contribution in [2.45, 2.75) is 57.8 Å². The first-order chi connectivity index (χ1) is 12.6. The van der Waals surface area contributed by atoms with Crippen LogP contribution in [-0.2, 0) is 17.6 Å². The Kier molecular flexibility index (Phi) is 4.74. The molecule has 1 saturated carbocycles. The molecule has 26 heavy (non-hydrogen) atoms. The van der Waals surface area contributed by atoms with Gasteiger partial charge in [-0.25, -0.2) is 5.48 Å². The molecule has 1 spiro atoms. The van der Waals surface area contributed by atoms with E-state index >= 15 is 0 Å².